The van der Waals surface area contributed by atoms with Crippen LogP contribution in [0.3, 0.4) is 0 Å². The molecule has 0 saturated heterocycles. The molecule has 0 spiro atoms. The summed E-state index contributed by atoms with van der Waals surface area (Å²) >= 11 is 5.97. The number of nitrogens with one attached hydrogen (secondary N) is 1. The number of aromatic amines is 1. The van der Waals surface area contributed by atoms with Crippen molar-refractivity contribution in [2.24, 2.45) is 0 Å². The zero-order chi connectivity index (χ0) is 25.6. The molecule has 2 bridgehead atoms. The first-order valence-electron chi connectivity index (χ1n) is 12.2. The van der Waals surface area contributed by atoms with Crippen LogP contribution in [0.2, 0.25) is 5.02 Å². The van der Waals surface area contributed by atoms with Crippen molar-refractivity contribution < 1.29 is 14.3 Å². The number of pyridine rings is 1. The van der Waals surface area contributed by atoms with E-state index >= 15 is 0 Å². The molecule has 1 amide bonds. The van der Waals surface area contributed by atoms with Crippen molar-refractivity contribution in [3.05, 3.63) is 123 Å². The summed E-state index contributed by atoms with van der Waals surface area (Å²) in [7, 11) is 0. The quantitative estimate of drug-likeness (QED) is 0.392. The Balaban J connectivity index is 1.41. The number of fused-ring (bicyclic) bond motifs is 3. The molecule has 188 valence electrons. The molecule has 1 aliphatic rings. The van der Waals surface area contributed by atoms with Gasteiger partial charge >= 0.3 is 0 Å². The molecule has 2 heterocycles. The third kappa shape index (κ3) is 6.10. The van der Waals surface area contributed by atoms with Crippen LogP contribution in [0.25, 0.3) is 11.3 Å². The summed E-state index contributed by atoms with van der Waals surface area (Å²) in [6, 6.07) is 26.6. The van der Waals surface area contributed by atoms with Crippen LogP contribution in [0.1, 0.15) is 27.0 Å². The Bertz CT molecular complexity index is 1450. The van der Waals surface area contributed by atoms with Crippen LogP contribution in [-0.4, -0.2) is 42.2 Å². The predicted molar refractivity (Wildman–Crippen MR) is 144 cm³/mol. The van der Waals surface area contributed by atoms with Gasteiger partial charge in [-0.15, -0.1) is 0 Å². The lowest BCUT2D eigenvalue weighted by atomic mass is 10.0. The highest BCUT2D eigenvalue weighted by molar-refractivity contribution is 6.30. The van der Waals surface area contributed by atoms with Crippen molar-refractivity contribution in [1.82, 2.24) is 9.88 Å². The summed E-state index contributed by atoms with van der Waals surface area (Å²) in [5.74, 6) is 0.512. The number of H-pyrrole nitrogens is 1. The number of carbonyl (C=O) groups excluding carboxylic acids is 1. The fourth-order valence-electron chi connectivity index (χ4n) is 4.42. The van der Waals surface area contributed by atoms with Crippen molar-refractivity contribution in [1.29, 1.82) is 0 Å². The van der Waals surface area contributed by atoms with Crippen LogP contribution >= 0.6 is 11.6 Å². The molecule has 0 saturated carbocycles. The number of hydrogen-bond acceptors (Lipinski definition) is 4. The maximum absolute atomic E-state index is 13.5. The molecule has 0 unspecified atom stereocenters. The first-order valence-corrected chi connectivity index (χ1v) is 12.6. The molecule has 4 aromatic rings. The second-order valence-electron chi connectivity index (χ2n) is 8.91. The molecule has 1 aromatic heterocycles. The summed E-state index contributed by atoms with van der Waals surface area (Å²) in [6.45, 7) is 1.86. The SMILES string of the molecule is O=C(c1ccc(-c2ccc(Cl)cc2)[nH]c1=O)N1CCOCCOc2ccccc2Cc2cccc(c2)C1. The highest BCUT2D eigenvalue weighted by Crippen LogP contribution is 2.23. The minimum Gasteiger partial charge on any atom is -0.491 e. The van der Waals surface area contributed by atoms with E-state index in [9.17, 15) is 9.59 Å². The van der Waals surface area contributed by atoms with Gasteiger partial charge in [0.15, 0.2) is 0 Å². The molecule has 0 radical (unpaired) electrons. The Labute approximate surface area is 220 Å². The fraction of sp³-hybridized carbons (Fsp3) is 0.200. The number of rotatable bonds is 2. The van der Waals surface area contributed by atoms with E-state index in [-0.39, 0.29) is 11.5 Å². The molecule has 6 nitrogen and oxygen atoms in total. The Morgan fingerprint density at radius 3 is 2.51 bits per heavy atom. The van der Waals surface area contributed by atoms with Gasteiger partial charge in [-0.1, -0.05) is 66.2 Å². The summed E-state index contributed by atoms with van der Waals surface area (Å²) < 4.78 is 11.7. The summed E-state index contributed by atoms with van der Waals surface area (Å²) in [5, 5.41) is 0.613. The molecule has 7 heteroatoms. The van der Waals surface area contributed by atoms with E-state index in [1.54, 1.807) is 29.2 Å². The third-order valence-electron chi connectivity index (χ3n) is 6.31. The Morgan fingerprint density at radius 1 is 0.865 bits per heavy atom. The lowest BCUT2D eigenvalue weighted by molar-refractivity contribution is 0.0570. The second-order valence-corrected chi connectivity index (χ2v) is 9.35. The van der Waals surface area contributed by atoms with Crippen molar-refractivity contribution in [2.45, 2.75) is 13.0 Å². The van der Waals surface area contributed by atoms with Gasteiger partial charge in [0.2, 0.25) is 0 Å². The van der Waals surface area contributed by atoms with Crippen molar-refractivity contribution in [3.63, 3.8) is 0 Å². The van der Waals surface area contributed by atoms with Crippen LogP contribution in [0, 0.1) is 0 Å². The monoisotopic (exact) mass is 514 g/mol. The maximum atomic E-state index is 13.5. The van der Waals surface area contributed by atoms with E-state index in [1.165, 1.54) is 0 Å². The molecule has 0 atom stereocenters. The number of carbonyl (C=O) groups is 1. The van der Waals surface area contributed by atoms with Crippen molar-refractivity contribution in [2.75, 3.05) is 26.4 Å². The Kier molecular flexibility index (Phi) is 7.68. The maximum Gasteiger partial charge on any atom is 0.261 e. The van der Waals surface area contributed by atoms with E-state index in [2.05, 4.69) is 23.2 Å². The van der Waals surface area contributed by atoms with E-state index < -0.39 is 5.56 Å². The van der Waals surface area contributed by atoms with Gasteiger partial charge in [-0.25, -0.2) is 0 Å². The molecule has 37 heavy (non-hydrogen) atoms. The lowest BCUT2D eigenvalue weighted by Crippen LogP contribution is -2.37. The minimum absolute atomic E-state index is 0.0900. The van der Waals surface area contributed by atoms with E-state index in [4.69, 9.17) is 21.1 Å². The van der Waals surface area contributed by atoms with Gasteiger partial charge in [0.1, 0.15) is 17.9 Å². The van der Waals surface area contributed by atoms with Crippen LogP contribution < -0.4 is 10.3 Å². The molecule has 3 aromatic carbocycles. The van der Waals surface area contributed by atoms with Crippen molar-refractivity contribution >= 4 is 17.5 Å². The molecule has 5 rings (SSSR count). The average molecular weight is 515 g/mol. The van der Waals surface area contributed by atoms with E-state index in [0.717, 1.165) is 28.0 Å². The highest BCUT2D eigenvalue weighted by Gasteiger charge is 2.20. The molecule has 1 aliphatic heterocycles. The van der Waals surface area contributed by atoms with Gasteiger partial charge in [-0.3, -0.25) is 9.59 Å². The van der Waals surface area contributed by atoms with Crippen LogP contribution in [0.15, 0.2) is 89.7 Å². The zero-order valence-corrected chi connectivity index (χ0v) is 21.0. The van der Waals surface area contributed by atoms with Crippen LogP contribution in [-0.2, 0) is 17.7 Å². The number of ether oxygens (including phenoxy) is 2. The Hall–Kier alpha value is -3.87. The largest absolute Gasteiger partial charge is 0.491 e. The molecular formula is C30H27ClN2O4. The minimum atomic E-state index is -0.434. The molecule has 0 fully saturated rings. The predicted octanol–water partition coefficient (Wildman–Crippen LogP) is 5.34. The van der Waals surface area contributed by atoms with Gasteiger partial charge < -0.3 is 19.4 Å². The number of halogens is 1. The zero-order valence-electron chi connectivity index (χ0n) is 20.3. The molecular weight excluding hydrogens is 488 g/mol. The van der Waals surface area contributed by atoms with Gasteiger partial charge in [-0.05, 0) is 52.6 Å². The summed E-state index contributed by atoms with van der Waals surface area (Å²) in [4.78, 5) is 31.0. The Morgan fingerprint density at radius 2 is 1.68 bits per heavy atom. The fourth-order valence-corrected chi connectivity index (χ4v) is 4.54. The smallest absolute Gasteiger partial charge is 0.261 e. The average Bonchev–Trinajstić information content (AvgIpc) is 2.90. The number of amides is 1. The topological polar surface area (TPSA) is 71.6 Å². The normalized spacial score (nSPS) is 14.2. The standard InChI is InChI=1S/C30H27ClN2O4/c31-25-10-8-23(9-11-25)27-13-12-26(29(34)32-27)30(35)33-14-15-36-16-17-37-28-7-2-1-6-24(28)19-21-4-3-5-22(18-21)20-33/h1-13,18H,14-17,19-20H2,(H,32,34). The number of hydrogen-bond donors (Lipinski definition) is 1. The molecule has 0 aliphatic carbocycles. The van der Waals surface area contributed by atoms with Gasteiger partial charge in [0, 0.05) is 30.2 Å². The summed E-state index contributed by atoms with van der Waals surface area (Å²) in [6.07, 6.45) is 0.713. The number of aromatic nitrogens is 1. The third-order valence-corrected chi connectivity index (χ3v) is 6.56. The van der Waals surface area contributed by atoms with E-state index in [1.807, 2.05) is 42.5 Å². The van der Waals surface area contributed by atoms with Crippen molar-refractivity contribution in [3.8, 4) is 17.0 Å². The summed E-state index contributed by atoms with van der Waals surface area (Å²) in [5.41, 5.74) is 4.29. The van der Waals surface area contributed by atoms with E-state index in [0.29, 0.717) is 50.0 Å². The number of para-hydroxylation sites is 1. The number of nitrogens with zero attached hydrogens (tertiary/aromatic N) is 1. The van der Waals surface area contributed by atoms with Gasteiger partial charge in [0.05, 0.1) is 13.2 Å². The first kappa shape index (κ1) is 24.8. The lowest BCUT2D eigenvalue weighted by Gasteiger charge is -2.23. The second kappa shape index (κ2) is 11.5. The van der Waals surface area contributed by atoms with Gasteiger partial charge in [-0.2, -0.15) is 0 Å². The van der Waals surface area contributed by atoms with Crippen LogP contribution in [0.4, 0.5) is 0 Å². The van der Waals surface area contributed by atoms with Gasteiger partial charge in [0.25, 0.3) is 11.5 Å². The highest BCUT2D eigenvalue weighted by atomic mass is 35.5. The first-order chi connectivity index (χ1) is 18.1. The number of benzene rings is 3. The molecule has 1 N–H and O–H groups in total. The van der Waals surface area contributed by atoms with Crippen LogP contribution in [0.5, 0.6) is 5.75 Å².